The molecular weight excluding hydrogens is 275 g/mol. The van der Waals surface area contributed by atoms with Gasteiger partial charge in [0, 0.05) is 17.6 Å². The third-order valence-corrected chi connectivity index (χ3v) is 5.08. The molecule has 0 amide bonds. The molecule has 1 unspecified atom stereocenters. The van der Waals surface area contributed by atoms with Gasteiger partial charge in [-0.1, -0.05) is 25.1 Å². The molecule has 0 aliphatic heterocycles. The van der Waals surface area contributed by atoms with Crippen molar-refractivity contribution < 1.29 is 12.8 Å². The van der Waals surface area contributed by atoms with Gasteiger partial charge in [0.1, 0.15) is 15.7 Å². The molecule has 5 heteroatoms. The average Bonchev–Trinajstić information content (AvgIpc) is 2.32. The molecule has 0 saturated heterocycles. The molecule has 0 saturated carbocycles. The van der Waals surface area contributed by atoms with E-state index in [1.54, 1.807) is 18.2 Å². The van der Waals surface area contributed by atoms with Crippen LogP contribution in [0.3, 0.4) is 0 Å². The minimum atomic E-state index is -3.04. The van der Waals surface area contributed by atoms with E-state index < -0.39 is 9.84 Å². The number of hydrogen-bond acceptors (Lipinski definition) is 2. The molecule has 102 valence electrons. The summed E-state index contributed by atoms with van der Waals surface area (Å²) in [5.74, 6) is -0.107. The quantitative estimate of drug-likeness (QED) is 0.722. The minimum Gasteiger partial charge on any atom is -0.229 e. The van der Waals surface area contributed by atoms with E-state index in [1.807, 2.05) is 6.92 Å². The molecule has 0 aromatic heterocycles. The van der Waals surface area contributed by atoms with Gasteiger partial charge >= 0.3 is 0 Å². The Hall–Kier alpha value is -0.610. The van der Waals surface area contributed by atoms with Crippen molar-refractivity contribution in [2.75, 3.05) is 17.4 Å². The van der Waals surface area contributed by atoms with Gasteiger partial charge in [-0.15, -0.1) is 11.6 Å². The predicted molar refractivity (Wildman–Crippen MR) is 73.4 cm³/mol. The third-order valence-electron chi connectivity index (χ3n) is 2.82. The third kappa shape index (κ3) is 4.58. The van der Waals surface area contributed by atoms with Crippen molar-refractivity contribution in [2.24, 2.45) is 0 Å². The summed E-state index contributed by atoms with van der Waals surface area (Å²) in [5.41, 5.74) is 0.499. The highest BCUT2D eigenvalue weighted by molar-refractivity contribution is 7.91. The van der Waals surface area contributed by atoms with Crippen molar-refractivity contribution in [1.82, 2.24) is 0 Å². The average molecular weight is 293 g/mol. The molecule has 18 heavy (non-hydrogen) atoms. The van der Waals surface area contributed by atoms with E-state index in [0.29, 0.717) is 18.4 Å². The molecule has 1 rings (SSSR count). The van der Waals surface area contributed by atoms with Crippen molar-refractivity contribution in [3.05, 3.63) is 35.6 Å². The van der Waals surface area contributed by atoms with Crippen LogP contribution in [-0.2, 0) is 9.84 Å². The fourth-order valence-corrected chi connectivity index (χ4v) is 3.65. The predicted octanol–water partition coefficient (Wildman–Crippen LogP) is 3.36. The Morgan fingerprint density at radius 3 is 2.50 bits per heavy atom. The van der Waals surface area contributed by atoms with Gasteiger partial charge < -0.3 is 0 Å². The van der Waals surface area contributed by atoms with Crippen LogP contribution in [-0.4, -0.2) is 25.8 Å². The molecule has 0 radical (unpaired) electrons. The summed E-state index contributed by atoms with van der Waals surface area (Å²) in [6, 6.07) is 6.38. The highest BCUT2D eigenvalue weighted by Crippen LogP contribution is 2.24. The van der Waals surface area contributed by atoms with Gasteiger partial charge in [0.25, 0.3) is 0 Å². The van der Waals surface area contributed by atoms with Crippen LogP contribution in [0.5, 0.6) is 0 Å². The molecule has 1 aromatic rings. The Morgan fingerprint density at radius 1 is 1.28 bits per heavy atom. The number of rotatable bonds is 7. The zero-order chi connectivity index (χ0) is 13.6. The molecule has 2 nitrogen and oxygen atoms in total. The van der Waals surface area contributed by atoms with Crippen molar-refractivity contribution in [3.8, 4) is 0 Å². The Balaban J connectivity index is 2.72. The Morgan fingerprint density at radius 2 is 1.94 bits per heavy atom. The van der Waals surface area contributed by atoms with Gasteiger partial charge in [-0.2, -0.15) is 0 Å². The van der Waals surface area contributed by atoms with E-state index in [-0.39, 0.29) is 29.1 Å². The van der Waals surface area contributed by atoms with E-state index in [1.165, 1.54) is 6.07 Å². The Kier molecular flexibility index (Phi) is 6.09. The highest BCUT2D eigenvalue weighted by atomic mass is 35.5. The number of benzene rings is 1. The maximum Gasteiger partial charge on any atom is 0.150 e. The van der Waals surface area contributed by atoms with Crippen molar-refractivity contribution in [3.63, 3.8) is 0 Å². The lowest BCUT2D eigenvalue weighted by Gasteiger charge is -2.15. The molecule has 1 atom stereocenters. The van der Waals surface area contributed by atoms with E-state index >= 15 is 0 Å². The van der Waals surface area contributed by atoms with Crippen LogP contribution in [0.15, 0.2) is 24.3 Å². The van der Waals surface area contributed by atoms with Crippen LogP contribution in [0.2, 0.25) is 0 Å². The SMILES string of the molecule is CCCS(=O)(=O)CCC(CCl)c1ccccc1F. The van der Waals surface area contributed by atoms with Crippen LogP contribution >= 0.6 is 11.6 Å². The summed E-state index contributed by atoms with van der Waals surface area (Å²) >= 11 is 5.82. The lowest BCUT2D eigenvalue weighted by Crippen LogP contribution is -2.15. The van der Waals surface area contributed by atoms with Gasteiger partial charge in [0.2, 0.25) is 0 Å². The summed E-state index contributed by atoms with van der Waals surface area (Å²) < 4.78 is 36.8. The first kappa shape index (κ1) is 15.4. The summed E-state index contributed by atoms with van der Waals surface area (Å²) in [6.45, 7) is 1.83. The number of alkyl halides is 1. The first-order chi connectivity index (χ1) is 8.50. The fraction of sp³-hybridized carbons (Fsp3) is 0.538. The van der Waals surface area contributed by atoms with Crippen molar-refractivity contribution in [1.29, 1.82) is 0 Å². The van der Waals surface area contributed by atoms with E-state index in [4.69, 9.17) is 11.6 Å². The lowest BCUT2D eigenvalue weighted by molar-refractivity contribution is 0.571. The molecule has 0 bridgehead atoms. The Bertz CT molecular complexity index is 474. The van der Waals surface area contributed by atoms with Crippen LogP contribution in [0.4, 0.5) is 4.39 Å². The van der Waals surface area contributed by atoms with Gasteiger partial charge in [0.15, 0.2) is 0 Å². The van der Waals surface area contributed by atoms with Gasteiger partial charge in [0.05, 0.1) is 5.75 Å². The first-order valence-corrected chi connectivity index (χ1v) is 8.36. The number of halogens is 2. The molecule has 1 aromatic carbocycles. The summed E-state index contributed by atoms with van der Waals surface area (Å²) in [4.78, 5) is 0. The smallest absolute Gasteiger partial charge is 0.150 e. The zero-order valence-electron chi connectivity index (χ0n) is 10.4. The normalized spacial score (nSPS) is 13.5. The van der Waals surface area contributed by atoms with E-state index in [9.17, 15) is 12.8 Å². The molecular formula is C13H18ClFO2S. The van der Waals surface area contributed by atoms with Crippen LogP contribution in [0.1, 0.15) is 31.2 Å². The standard InChI is InChI=1S/C13H18ClFO2S/c1-2-8-18(16,17)9-7-11(10-14)12-5-3-4-6-13(12)15/h3-6,11H,2,7-10H2,1H3. The molecule has 0 N–H and O–H groups in total. The second kappa shape index (κ2) is 7.10. The Labute approximate surface area is 113 Å². The highest BCUT2D eigenvalue weighted by Gasteiger charge is 2.18. The van der Waals surface area contributed by atoms with E-state index in [0.717, 1.165) is 0 Å². The molecule has 0 fully saturated rings. The minimum absolute atomic E-state index is 0.0621. The maximum absolute atomic E-state index is 13.6. The van der Waals surface area contributed by atoms with Crippen LogP contribution in [0.25, 0.3) is 0 Å². The number of hydrogen-bond donors (Lipinski definition) is 0. The van der Waals surface area contributed by atoms with Crippen LogP contribution in [0, 0.1) is 5.82 Å². The molecule has 0 spiro atoms. The summed E-state index contributed by atoms with van der Waals surface area (Å²) in [5, 5.41) is 0. The van der Waals surface area contributed by atoms with E-state index in [2.05, 4.69) is 0 Å². The molecule has 0 heterocycles. The molecule has 0 aliphatic carbocycles. The monoisotopic (exact) mass is 292 g/mol. The molecule has 0 aliphatic rings. The first-order valence-electron chi connectivity index (χ1n) is 6.01. The summed E-state index contributed by atoms with van der Waals surface area (Å²) in [6.07, 6.45) is 0.973. The fourth-order valence-electron chi connectivity index (χ4n) is 1.86. The van der Waals surface area contributed by atoms with Gasteiger partial charge in [-0.25, -0.2) is 12.8 Å². The number of sulfone groups is 1. The largest absolute Gasteiger partial charge is 0.229 e. The zero-order valence-corrected chi connectivity index (χ0v) is 12.0. The lowest BCUT2D eigenvalue weighted by atomic mass is 9.98. The van der Waals surface area contributed by atoms with Crippen LogP contribution < -0.4 is 0 Å². The summed E-state index contributed by atoms with van der Waals surface area (Å²) in [7, 11) is -3.04. The maximum atomic E-state index is 13.6. The second-order valence-corrected chi connectivity index (χ2v) is 6.93. The van der Waals surface area contributed by atoms with Crippen molar-refractivity contribution in [2.45, 2.75) is 25.7 Å². The van der Waals surface area contributed by atoms with Gasteiger partial charge in [-0.05, 0) is 24.5 Å². The second-order valence-electron chi connectivity index (χ2n) is 4.31. The van der Waals surface area contributed by atoms with Gasteiger partial charge in [-0.3, -0.25) is 0 Å². The van der Waals surface area contributed by atoms with Crippen molar-refractivity contribution >= 4 is 21.4 Å². The topological polar surface area (TPSA) is 34.1 Å².